The van der Waals surface area contributed by atoms with Crippen molar-refractivity contribution in [3.8, 4) is 0 Å². The summed E-state index contributed by atoms with van der Waals surface area (Å²) in [4.78, 5) is 28.0. The van der Waals surface area contributed by atoms with Crippen molar-refractivity contribution in [3.63, 3.8) is 0 Å². The van der Waals surface area contributed by atoms with Gasteiger partial charge in [-0.1, -0.05) is 0 Å². The summed E-state index contributed by atoms with van der Waals surface area (Å²) in [7, 11) is 0. The molecule has 2 N–H and O–H groups in total. The molecule has 114 valence electrons. The van der Waals surface area contributed by atoms with Crippen LogP contribution < -0.4 is 10.6 Å². The van der Waals surface area contributed by atoms with Gasteiger partial charge < -0.3 is 10.6 Å². The maximum absolute atomic E-state index is 11.1. The number of hydrogen-bond acceptors (Lipinski definition) is 6. The van der Waals surface area contributed by atoms with Crippen LogP contribution in [0.25, 0.3) is 0 Å². The van der Waals surface area contributed by atoms with E-state index in [0.29, 0.717) is 5.56 Å². The Morgan fingerprint density at radius 1 is 1.09 bits per heavy atom. The molecule has 7 heteroatoms. The van der Waals surface area contributed by atoms with Crippen LogP contribution in [0.15, 0.2) is 37.1 Å². The number of amides is 1. The number of aromatic nitrogens is 3. The smallest absolute Gasteiger partial charge is 0.250 e. The summed E-state index contributed by atoms with van der Waals surface area (Å²) < 4.78 is 0. The van der Waals surface area contributed by atoms with Gasteiger partial charge in [-0.2, -0.15) is 0 Å². The summed E-state index contributed by atoms with van der Waals surface area (Å²) in [5.74, 6) is 0.432. The average molecular weight is 298 g/mol. The molecule has 0 bridgehead atoms. The van der Waals surface area contributed by atoms with Gasteiger partial charge in [0.1, 0.15) is 12.1 Å². The van der Waals surface area contributed by atoms with Crippen LogP contribution in [-0.2, 0) is 6.54 Å². The Balaban J connectivity index is 1.56. The number of pyridine rings is 1. The second kappa shape index (κ2) is 6.48. The van der Waals surface area contributed by atoms with Crippen molar-refractivity contribution in [3.05, 3.63) is 48.2 Å². The van der Waals surface area contributed by atoms with Crippen molar-refractivity contribution in [1.29, 1.82) is 0 Å². The molecule has 7 nitrogen and oxygen atoms in total. The van der Waals surface area contributed by atoms with E-state index in [1.54, 1.807) is 12.4 Å². The Hall–Kier alpha value is -2.54. The highest BCUT2D eigenvalue weighted by Crippen LogP contribution is 2.15. The first-order valence-corrected chi connectivity index (χ1v) is 7.19. The van der Waals surface area contributed by atoms with Gasteiger partial charge in [0.2, 0.25) is 5.91 Å². The molecule has 22 heavy (non-hydrogen) atoms. The standard InChI is InChI=1S/C15H18N6O/c16-15(22)13-1-2-14(19-9-13)21-5-3-20(4-6-21)10-12-7-17-11-18-8-12/h1-2,7-9,11H,3-6,10H2,(H2,16,22). The normalized spacial score (nSPS) is 15.7. The lowest BCUT2D eigenvalue weighted by Crippen LogP contribution is -2.46. The fourth-order valence-electron chi connectivity index (χ4n) is 2.52. The topological polar surface area (TPSA) is 88.2 Å². The third-order valence-corrected chi connectivity index (χ3v) is 3.75. The number of nitrogens with two attached hydrogens (primary N) is 1. The van der Waals surface area contributed by atoms with Crippen LogP contribution >= 0.6 is 0 Å². The Labute approximate surface area is 128 Å². The number of anilines is 1. The number of hydrogen-bond donors (Lipinski definition) is 1. The quantitative estimate of drug-likeness (QED) is 0.873. The van der Waals surface area contributed by atoms with Crippen LogP contribution in [0.1, 0.15) is 15.9 Å². The predicted molar refractivity (Wildman–Crippen MR) is 82.3 cm³/mol. The minimum atomic E-state index is -0.450. The largest absolute Gasteiger partial charge is 0.366 e. The molecule has 3 heterocycles. The van der Waals surface area contributed by atoms with E-state index in [1.165, 1.54) is 6.20 Å². The van der Waals surface area contributed by atoms with Crippen LogP contribution in [0.3, 0.4) is 0 Å². The van der Waals surface area contributed by atoms with Gasteiger partial charge >= 0.3 is 0 Å². The van der Waals surface area contributed by atoms with Crippen molar-refractivity contribution in [2.45, 2.75) is 6.54 Å². The number of rotatable bonds is 4. The third-order valence-electron chi connectivity index (χ3n) is 3.75. The van der Waals surface area contributed by atoms with E-state index in [0.717, 1.165) is 44.1 Å². The molecule has 0 unspecified atom stereocenters. The summed E-state index contributed by atoms with van der Waals surface area (Å²) in [5, 5.41) is 0. The van der Waals surface area contributed by atoms with E-state index in [4.69, 9.17) is 5.73 Å². The van der Waals surface area contributed by atoms with Gasteiger partial charge in [0.05, 0.1) is 5.56 Å². The first-order chi connectivity index (χ1) is 10.7. The van der Waals surface area contributed by atoms with Crippen LogP contribution in [-0.4, -0.2) is 51.9 Å². The highest BCUT2D eigenvalue weighted by molar-refractivity contribution is 5.92. The zero-order valence-electron chi connectivity index (χ0n) is 12.2. The zero-order chi connectivity index (χ0) is 15.4. The summed E-state index contributed by atoms with van der Waals surface area (Å²) in [6, 6.07) is 3.57. The molecule has 1 aliphatic rings. The third kappa shape index (κ3) is 3.37. The van der Waals surface area contributed by atoms with Crippen LogP contribution in [0.2, 0.25) is 0 Å². The van der Waals surface area contributed by atoms with E-state index in [9.17, 15) is 4.79 Å². The van der Waals surface area contributed by atoms with E-state index < -0.39 is 5.91 Å². The van der Waals surface area contributed by atoms with E-state index in [1.807, 2.05) is 18.5 Å². The summed E-state index contributed by atoms with van der Waals surface area (Å²) in [6.45, 7) is 4.57. The van der Waals surface area contributed by atoms with Gasteiger partial charge in [-0.05, 0) is 12.1 Å². The summed E-state index contributed by atoms with van der Waals surface area (Å²) in [6.07, 6.45) is 6.78. The van der Waals surface area contributed by atoms with Crippen molar-refractivity contribution in [2.24, 2.45) is 5.73 Å². The van der Waals surface area contributed by atoms with Crippen molar-refractivity contribution in [1.82, 2.24) is 19.9 Å². The van der Waals surface area contributed by atoms with Crippen molar-refractivity contribution in [2.75, 3.05) is 31.1 Å². The average Bonchev–Trinajstić information content (AvgIpc) is 2.57. The minimum Gasteiger partial charge on any atom is -0.366 e. The lowest BCUT2D eigenvalue weighted by Gasteiger charge is -2.35. The van der Waals surface area contributed by atoms with Gasteiger partial charge in [0, 0.05) is 56.9 Å². The molecule has 0 atom stereocenters. The number of carbonyl (C=O) groups excluding carboxylic acids is 1. The molecule has 0 aromatic carbocycles. The number of nitrogens with zero attached hydrogens (tertiary/aromatic N) is 5. The molecule has 1 aliphatic heterocycles. The van der Waals surface area contributed by atoms with Crippen LogP contribution in [0, 0.1) is 0 Å². The number of piperazine rings is 1. The molecule has 0 aliphatic carbocycles. The number of carbonyl (C=O) groups is 1. The maximum Gasteiger partial charge on any atom is 0.250 e. The molecular formula is C15H18N6O. The highest BCUT2D eigenvalue weighted by atomic mass is 16.1. The molecule has 0 radical (unpaired) electrons. The fourth-order valence-corrected chi connectivity index (χ4v) is 2.52. The summed E-state index contributed by atoms with van der Waals surface area (Å²) in [5.41, 5.74) is 6.79. The Morgan fingerprint density at radius 2 is 1.82 bits per heavy atom. The minimum absolute atomic E-state index is 0.437. The maximum atomic E-state index is 11.1. The van der Waals surface area contributed by atoms with Crippen molar-refractivity contribution >= 4 is 11.7 Å². The van der Waals surface area contributed by atoms with Crippen LogP contribution in [0.4, 0.5) is 5.82 Å². The molecular weight excluding hydrogens is 280 g/mol. The van der Waals surface area contributed by atoms with Gasteiger partial charge in [-0.15, -0.1) is 0 Å². The lowest BCUT2D eigenvalue weighted by atomic mass is 10.2. The molecule has 1 saturated heterocycles. The Kier molecular flexibility index (Phi) is 4.24. The van der Waals surface area contributed by atoms with E-state index >= 15 is 0 Å². The fraction of sp³-hybridized carbons (Fsp3) is 0.333. The monoisotopic (exact) mass is 298 g/mol. The Bertz CT molecular complexity index is 622. The Morgan fingerprint density at radius 3 is 2.41 bits per heavy atom. The second-order valence-corrected chi connectivity index (χ2v) is 5.28. The zero-order valence-corrected chi connectivity index (χ0v) is 12.2. The van der Waals surface area contributed by atoms with Gasteiger partial charge in [-0.25, -0.2) is 15.0 Å². The van der Waals surface area contributed by atoms with E-state index in [-0.39, 0.29) is 0 Å². The van der Waals surface area contributed by atoms with E-state index in [2.05, 4.69) is 24.8 Å². The first-order valence-electron chi connectivity index (χ1n) is 7.19. The SMILES string of the molecule is NC(=O)c1ccc(N2CCN(Cc3cncnc3)CC2)nc1. The molecule has 1 amide bonds. The number of primary amides is 1. The van der Waals surface area contributed by atoms with Gasteiger partial charge in [-0.3, -0.25) is 9.69 Å². The lowest BCUT2D eigenvalue weighted by molar-refractivity contribution is 0.1000. The molecule has 1 fully saturated rings. The molecule has 2 aromatic heterocycles. The molecule has 0 saturated carbocycles. The predicted octanol–water partition coefficient (Wildman–Crippen LogP) is 0.293. The summed E-state index contributed by atoms with van der Waals surface area (Å²) >= 11 is 0. The second-order valence-electron chi connectivity index (χ2n) is 5.28. The molecule has 3 rings (SSSR count). The van der Waals surface area contributed by atoms with Gasteiger partial charge in [0.15, 0.2) is 0 Å². The highest BCUT2D eigenvalue weighted by Gasteiger charge is 2.18. The molecule has 2 aromatic rings. The van der Waals surface area contributed by atoms with Crippen molar-refractivity contribution < 1.29 is 4.79 Å². The van der Waals surface area contributed by atoms with Gasteiger partial charge in [0.25, 0.3) is 0 Å². The molecule has 0 spiro atoms. The van der Waals surface area contributed by atoms with Crippen LogP contribution in [0.5, 0.6) is 0 Å². The first kappa shape index (κ1) is 14.4.